The SMILES string of the molecule is CCc1ncnc(N(C=O)CCc2ccc(Oc3ccc(C(F)(F)F)cn3)cc2)c1Cl. The molecule has 0 aliphatic heterocycles. The number of aromatic nitrogens is 3. The number of hydrogen-bond acceptors (Lipinski definition) is 5. The third kappa shape index (κ3) is 5.69. The molecule has 0 aliphatic carbocycles. The third-order valence-corrected chi connectivity index (χ3v) is 4.82. The quantitative estimate of drug-likeness (QED) is 0.446. The molecule has 3 rings (SSSR count). The van der Waals surface area contributed by atoms with E-state index in [1.807, 2.05) is 6.92 Å². The molecular formula is C21H18ClF3N4O2. The third-order valence-electron chi connectivity index (χ3n) is 4.43. The van der Waals surface area contributed by atoms with Crippen LogP contribution >= 0.6 is 11.6 Å². The van der Waals surface area contributed by atoms with Gasteiger partial charge in [0, 0.05) is 18.8 Å². The maximum atomic E-state index is 12.6. The maximum absolute atomic E-state index is 12.6. The molecule has 3 aromatic rings. The number of alkyl halides is 3. The number of pyridine rings is 1. The first kappa shape index (κ1) is 22.5. The number of rotatable bonds is 8. The van der Waals surface area contributed by atoms with E-state index in [1.165, 1.54) is 11.2 Å². The van der Waals surface area contributed by atoms with Crippen molar-refractivity contribution in [3.63, 3.8) is 0 Å². The lowest BCUT2D eigenvalue weighted by Crippen LogP contribution is -2.25. The fraction of sp³-hybridized carbons (Fsp3) is 0.238. The molecule has 2 heterocycles. The summed E-state index contributed by atoms with van der Waals surface area (Å²) in [6.07, 6.45) is -0.536. The van der Waals surface area contributed by atoms with E-state index in [0.29, 0.717) is 48.1 Å². The number of aryl methyl sites for hydroxylation is 1. The molecule has 1 amide bonds. The van der Waals surface area contributed by atoms with E-state index in [1.54, 1.807) is 24.3 Å². The van der Waals surface area contributed by atoms with Crippen LogP contribution in [0.4, 0.5) is 19.0 Å². The number of anilines is 1. The van der Waals surface area contributed by atoms with E-state index in [2.05, 4.69) is 15.0 Å². The summed E-state index contributed by atoms with van der Waals surface area (Å²) in [4.78, 5) is 24.8. The topological polar surface area (TPSA) is 68.2 Å². The molecule has 0 unspecified atom stereocenters. The molecule has 0 aliphatic rings. The first-order valence-corrected chi connectivity index (χ1v) is 9.71. The van der Waals surface area contributed by atoms with E-state index in [9.17, 15) is 18.0 Å². The maximum Gasteiger partial charge on any atom is 0.417 e. The summed E-state index contributed by atoms with van der Waals surface area (Å²) in [5.41, 5.74) is 0.738. The van der Waals surface area contributed by atoms with E-state index in [-0.39, 0.29) is 5.88 Å². The van der Waals surface area contributed by atoms with Gasteiger partial charge in [-0.1, -0.05) is 30.7 Å². The summed E-state index contributed by atoms with van der Waals surface area (Å²) < 4.78 is 43.3. The minimum Gasteiger partial charge on any atom is -0.439 e. The average molecular weight is 451 g/mol. The molecule has 6 nitrogen and oxygen atoms in total. The second-order valence-electron chi connectivity index (χ2n) is 6.49. The first-order chi connectivity index (χ1) is 14.8. The highest BCUT2D eigenvalue weighted by Gasteiger charge is 2.30. The standard InChI is InChI=1S/C21H18ClF3N4O2/c1-2-17-19(22)20(28-12-27-17)29(13-30)10-9-14-3-6-16(7-4-14)31-18-8-5-15(11-26-18)21(23,24)25/h3-8,11-13H,2,9-10H2,1H3. The van der Waals surface area contributed by atoms with Crippen molar-refractivity contribution in [2.24, 2.45) is 0 Å². The Morgan fingerprint density at radius 3 is 2.42 bits per heavy atom. The first-order valence-electron chi connectivity index (χ1n) is 9.33. The van der Waals surface area contributed by atoms with Crippen LogP contribution in [0.2, 0.25) is 5.02 Å². The van der Waals surface area contributed by atoms with Crippen molar-refractivity contribution >= 4 is 23.8 Å². The molecule has 0 fully saturated rings. The van der Waals surface area contributed by atoms with Gasteiger partial charge in [-0.25, -0.2) is 15.0 Å². The van der Waals surface area contributed by atoms with Crippen molar-refractivity contribution in [3.05, 3.63) is 70.8 Å². The zero-order valence-corrected chi connectivity index (χ0v) is 17.2. The minimum absolute atomic E-state index is 0.0537. The van der Waals surface area contributed by atoms with Gasteiger partial charge in [0.1, 0.15) is 17.1 Å². The van der Waals surface area contributed by atoms with E-state index < -0.39 is 11.7 Å². The number of nitrogens with zero attached hydrogens (tertiary/aromatic N) is 4. The van der Waals surface area contributed by atoms with Gasteiger partial charge in [0.2, 0.25) is 12.3 Å². The molecule has 0 saturated heterocycles. The lowest BCUT2D eigenvalue weighted by Gasteiger charge is -2.18. The fourth-order valence-electron chi connectivity index (χ4n) is 2.75. The summed E-state index contributed by atoms with van der Waals surface area (Å²) in [7, 11) is 0. The highest BCUT2D eigenvalue weighted by molar-refractivity contribution is 6.33. The fourth-order valence-corrected chi connectivity index (χ4v) is 3.09. The molecule has 31 heavy (non-hydrogen) atoms. The lowest BCUT2D eigenvalue weighted by atomic mass is 10.1. The predicted octanol–water partition coefficient (Wildman–Crippen LogP) is 5.10. The summed E-state index contributed by atoms with van der Waals surface area (Å²) in [5.74, 6) is 0.838. The van der Waals surface area contributed by atoms with E-state index in [0.717, 1.165) is 23.9 Å². The van der Waals surface area contributed by atoms with Gasteiger partial charge in [0.05, 0.1) is 11.3 Å². The molecule has 0 saturated carbocycles. The number of halogens is 4. The van der Waals surface area contributed by atoms with Gasteiger partial charge in [-0.3, -0.25) is 9.69 Å². The summed E-state index contributed by atoms with van der Waals surface area (Å²) in [6.45, 7) is 2.26. The van der Waals surface area contributed by atoms with Gasteiger partial charge in [-0.15, -0.1) is 0 Å². The van der Waals surface area contributed by atoms with E-state index in [4.69, 9.17) is 16.3 Å². The normalized spacial score (nSPS) is 11.3. The zero-order valence-electron chi connectivity index (χ0n) is 16.4. The number of amides is 1. The summed E-state index contributed by atoms with van der Waals surface area (Å²) in [5, 5.41) is 0.352. The molecule has 10 heteroatoms. The van der Waals surface area contributed by atoms with Gasteiger partial charge in [-0.2, -0.15) is 13.2 Å². The van der Waals surface area contributed by atoms with Gasteiger partial charge < -0.3 is 4.74 Å². The van der Waals surface area contributed by atoms with Crippen molar-refractivity contribution in [1.29, 1.82) is 0 Å². The average Bonchev–Trinajstić information content (AvgIpc) is 2.76. The molecule has 2 aromatic heterocycles. The molecule has 0 N–H and O–H groups in total. The highest BCUT2D eigenvalue weighted by atomic mass is 35.5. The Morgan fingerprint density at radius 1 is 1.10 bits per heavy atom. The van der Waals surface area contributed by atoms with Crippen LogP contribution in [0.3, 0.4) is 0 Å². The second-order valence-corrected chi connectivity index (χ2v) is 6.87. The summed E-state index contributed by atoms with van der Waals surface area (Å²) >= 11 is 6.29. The minimum atomic E-state index is -4.45. The largest absolute Gasteiger partial charge is 0.439 e. The van der Waals surface area contributed by atoms with Crippen LogP contribution in [0.25, 0.3) is 0 Å². The van der Waals surface area contributed by atoms with Crippen molar-refractivity contribution in [2.45, 2.75) is 25.9 Å². The van der Waals surface area contributed by atoms with Crippen LogP contribution < -0.4 is 9.64 Å². The monoisotopic (exact) mass is 450 g/mol. The van der Waals surface area contributed by atoms with Gasteiger partial charge in [0.25, 0.3) is 0 Å². The number of carbonyl (C=O) groups is 1. The van der Waals surface area contributed by atoms with Crippen LogP contribution in [0, 0.1) is 0 Å². The summed E-state index contributed by atoms with van der Waals surface area (Å²) in [6, 6.07) is 9.00. The lowest BCUT2D eigenvalue weighted by molar-refractivity contribution is -0.137. The Balaban J connectivity index is 1.62. The molecule has 1 aromatic carbocycles. The van der Waals surface area contributed by atoms with Crippen molar-refractivity contribution in [1.82, 2.24) is 15.0 Å². The Bertz CT molecular complexity index is 1030. The number of ether oxygens (including phenoxy) is 1. The molecule has 0 atom stereocenters. The van der Waals surface area contributed by atoms with Gasteiger partial charge in [0.15, 0.2) is 5.82 Å². The Hall–Kier alpha value is -3.20. The molecular weight excluding hydrogens is 433 g/mol. The highest BCUT2D eigenvalue weighted by Crippen LogP contribution is 2.30. The number of carbonyl (C=O) groups excluding carboxylic acids is 1. The Morgan fingerprint density at radius 2 is 1.84 bits per heavy atom. The van der Waals surface area contributed by atoms with Crippen molar-refractivity contribution in [3.8, 4) is 11.6 Å². The van der Waals surface area contributed by atoms with Gasteiger partial charge >= 0.3 is 6.18 Å². The predicted molar refractivity (Wildman–Crippen MR) is 109 cm³/mol. The van der Waals surface area contributed by atoms with Gasteiger partial charge in [-0.05, 0) is 36.6 Å². The van der Waals surface area contributed by atoms with Crippen LogP contribution in [-0.4, -0.2) is 27.9 Å². The van der Waals surface area contributed by atoms with Crippen LogP contribution in [-0.2, 0) is 23.8 Å². The van der Waals surface area contributed by atoms with Crippen molar-refractivity contribution in [2.75, 3.05) is 11.4 Å². The van der Waals surface area contributed by atoms with Crippen molar-refractivity contribution < 1.29 is 22.7 Å². The van der Waals surface area contributed by atoms with Crippen LogP contribution in [0.15, 0.2) is 48.9 Å². The smallest absolute Gasteiger partial charge is 0.417 e. The molecule has 0 spiro atoms. The van der Waals surface area contributed by atoms with Crippen LogP contribution in [0.1, 0.15) is 23.7 Å². The molecule has 162 valence electrons. The number of hydrogen-bond donors (Lipinski definition) is 0. The number of benzene rings is 1. The zero-order chi connectivity index (χ0) is 22.4. The molecule has 0 radical (unpaired) electrons. The van der Waals surface area contributed by atoms with Crippen LogP contribution in [0.5, 0.6) is 11.6 Å². The Kier molecular flexibility index (Phi) is 7.06. The second kappa shape index (κ2) is 9.74. The molecule has 0 bridgehead atoms. The Labute approximate surface area is 181 Å². The van der Waals surface area contributed by atoms with E-state index >= 15 is 0 Å².